The monoisotopic (exact) mass is 379 g/mol. The molecule has 136 valence electrons. The molecule has 0 saturated carbocycles. The Morgan fingerprint density at radius 1 is 1.19 bits per heavy atom. The Hall–Kier alpha value is -3.39. The quantitative estimate of drug-likeness (QED) is 0.552. The topological polar surface area (TPSA) is 81.1 Å². The summed E-state index contributed by atoms with van der Waals surface area (Å²) in [5, 5.41) is 7.65. The average molecular weight is 379 g/mol. The van der Waals surface area contributed by atoms with Gasteiger partial charge < -0.3 is 15.4 Å². The van der Waals surface area contributed by atoms with E-state index in [1.807, 2.05) is 52.4 Å². The van der Waals surface area contributed by atoms with E-state index in [4.69, 9.17) is 4.74 Å². The Labute approximate surface area is 159 Å². The molecule has 0 fully saturated rings. The van der Waals surface area contributed by atoms with E-state index in [1.54, 1.807) is 18.9 Å². The zero-order valence-corrected chi connectivity index (χ0v) is 15.4. The van der Waals surface area contributed by atoms with Crippen molar-refractivity contribution >= 4 is 34.1 Å². The Morgan fingerprint density at radius 2 is 2.04 bits per heavy atom. The summed E-state index contributed by atoms with van der Waals surface area (Å²) in [6.45, 7) is 0.425. The van der Waals surface area contributed by atoms with Gasteiger partial charge in [0.15, 0.2) is 0 Å². The van der Waals surface area contributed by atoms with Gasteiger partial charge in [0.05, 0.1) is 23.7 Å². The first-order valence-corrected chi connectivity index (χ1v) is 9.20. The highest BCUT2D eigenvalue weighted by Gasteiger charge is 2.09. The molecule has 0 saturated heterocycles. The minimum absolute atomic E-state index is 0.273. The minimum atomic E-state index is -0.273. The number of carbonyl (C=O) groups is 1. The van der Waals surface area contributed by atoms with E-state index in [0.29, 0.717) is 12.2 Å². The fraction of sp³-hybridized carbons (Fsp3) is 0.105. The van der Waals surface area contributed by atoms with E-state index in [1.165, 1.54) is 11.3 Å². The number of urea groups is 1. The van der Waals surface area contributed by atoms with Crippen molar-refractivity contribution in [2.45, 2.75) is 6.54 Å². The van der Waals surface area contributed by atoms with Gasteiger partial charge in [0.2, 0.25) is 0 Å². The van der Waals surface area contributed by atoms with Gasteiger partial charge in [-0.1, -0.05) is 12.1 Å². The molecule has 4 aromatic rings. The number of ether oxygens (including phenoxy) is 1. The number of rotatable bonds is 5. The lowest BCUT2D eigenvalue weighted by atomic mass is 10.2. The molecule has 2 aromatic heterocycles. The van der Waals surface area contributed by atoms with Crippen LogP contribution in [0.4, 0.5) is 10.5 Å². The van der Waals surface area contributed by atoms with E-state index >= 15 is 0 Å². The summed E-state index contributed by atoms with van der Waals surface area (Å²) in [6, 6.07) is 12.9. The van der Waals surface area contributed by atoms with Gasteiger partial charge in [0, 0.05) is 17.6 Å². The number of nitrogens with one attached hydrogen (secondary N) is 2. The van der Waals surface area contributed by atoms with Crippen molar-refractivity contribution in [1.29, 1.82) is 0 Å². The van der Waals surface area contributed by atoms with Gasteiger partial charge in [0.25, 0.3) is 0 Å². The zero-order valence-electron chi connectivity index (χ0n) is 14.5. The summed E-state index contributed by atoms with van der Waals surface area (Å²) in [4.78, 5) is 20.9. The van der Waals surface area contributed by atoms with Crippen molar-refractivity contribution in [2.24, 2.45) is 0 Å². The van der Waals surface area contributed by atoms with Crippen LogP contribution in [0.25, 0.3) is 16.9 Å². The molecule has 2 amide bonds. The predicted molar refractivity (Wildman–Crippen MR) is 106 cm³/mol. The Kier molecular flexibility index (Phi) is 4.71. The van der Waals surface area contributed by atoms with Crippen LogP contribution < -0.4 is 15.4 Å². The Morgan fingerprint density at radius 3 is 2.78 bits per heavy atom. The number of imidazole rings is 1. The summed E-state index contributed by atoms with van der Waals surface area (Å²) in [5.74, 6) is 1.59. The molecule has 8 heteroatoms. The second-order valence-electron chi connectivity index (χ2n) is 5.82. The number of anilines is 1. The molecule has 0 unspecified atom stereocenters. The van der Waals surface area contributed by atoms with Crippen molar-refractivity contribution in [1.82, 2.24) is 19.9 Å². The fourth-order valence-electron chi connectivity index (χ4n) is 2.69. The van der Waals surface area contributed by atoms with Crippen molar-refractivity contribution in [3.05, 3.63) is 65.2 Å². The van der Waals surface area contributed by atoms with E-state index in [9.17, 15) is 4.79 Å². The van der Waals surface area contributed by atoms with Gasteiger partial charge in [-0.25, -0.2) is 14.8 Å². The van der Waals surface area contributed by atoms with Crippen LogP contribution in [0, 0.1) is 0 Å². The van der Waals surface area contributed by atoms with E-state index in [2.05, 4.69) is 20.6 Å². The Bertz CT molecular complexity index is 1060. The van der Waals surface area contributed by atoms with Gasteiger partial charge in [0.1, 0.15) is 17.9 Å². The molecule has 0 radical (unpaired) electrons. The van der Waals surface area contributed by atoms with Crippen molar-refractivity contribution in [3.8, 4) is 11.6 Å². The molecule has 0 aliphatic heterocycles. The maximum atomic E-state index is 12.2. The lowest BCUT2D eigenvalue weighted by Gasteiger charge is -2.09. The Balaban J connectivity index is 1.44. The molecule has 2 heterocycles. The van der Waals surface area contributed by atoms with Gasteiger partial charge >= 0.3 is 6.03 Å². The smallest absolute Gasteiger partial charge is 0.319 e. The van der Waals surface area contributed by atoms with Gasteiger partial charge in [-0.2, -0.15) is 0 Å². The highest BCUT2D eigenvalue weighted by atomic mass is 32.1. The molecule has 2 aromatic carbocycles. The van der Waals surface area contributed by atoms with Gasteiger partial charge in [-0.05, 0) is 35.9 Å². The number of amides is 2. The summed E-state index contributed by atoms with van der Waals surface area (Å²) in [5.41, 5.74) is 5.17. The van der Waals surface area contributed by atoms with Crippen molar-refractivity contribution in [2.75, 3.05) is 12.4 Å². The van der Waals surface area contributed by atoms with Crippen LogP contribution in [-0.2, 0) is 6.54 Å². The molecule has 0 atom stereocenters. The standard InChI is InChI=1S/C19H17N5O2S/c1-26-15-5-2-13(3-6-15)9-20-19(25)23-14-4-7-16-17(8-14)24(11-21-16)18-10-27-12-22-18/h2-8,10-12H,9H2,1H3,(H2,20,23,25). The maximum absolute atomic E-state index is 12.2. The van der Waals surface area contributed by atoms with Crippen LogP contribution in [0.3, 0.4) is 0 Å². The number of hydrogen-bond acceptors (Lipinski definition) is 5. The number of thiazole rings is 1. The number of nitrogens with zero attached hydrogens (tertiary/aromatic N) is 3. The summed E-state index contributed by atoms with van der Waals surface area (Å²) >= 11 is 1.52. The van der Waals surface area contributed by atoms with Crippen LogP contribution in [0.15, 0.2) is 59.7 Å². The SMILES string of the molecule is COc1ccc(CNC(=O)Nc2ccc3ncn(-c4cscn4)c3c2)cc1. The molecule has 2 N–H and O–H groups in total. The summed E-state index contributed by atoms with van der Waals surface area (Å²) < 4.78 is 7.02. The first kappa shape index (κ1) is 17.0. The van der Waals surface area contributed by atoms with Crippen LogP contribution >= 0.6 is 11.3 Å². The van der Waals surface area contributed by atoms with E-state index in [-0.39, 0.29) is 6.03 Å². The molecule has 0 bridgehead atoms. The fourth-order valence-corrected chi connectivity index (χ4v) is 3.22. The molecule has 4 rings (SSSR count). The summed E-state index contributed by atoms with van der Waals surface area (Å²) in [6.07, 6.45) is 1.73. The largest absolute Gasteiger partial charge is 0.497 e. The summed E-state index contributed by atoms with van der Waals surface area (Å²) in [7, 11) is 1.62. The number of fused-ring (bicyclic) bond motifs is 1. The maximum Gasteiger partial charge on any atom is 0.319 e. The third-order valence-corrected chi connectivity index (χ3v) is 4.66. The van der Waals surface area contributed by atoms with Crippen LogP contribution in [0.5, 0.6) is 5.75 Å². The zero-order chi connectivity index (χ0) is 18.6. The highest BCUT2D eigenvalue weighted by Crippen LogP contribution is 2.21. The van der Waals surface area contributed by atoms with Gasteiger partial charge in [-0.15, -0.1) is 11.3 Å². The second-order valence-corrected chi connectivity index (χ2v) is 6.54. The van der Waals surface area contributed by atoms with E-state index < -0.39 is 0 Å². The first-order valence-electron chi connectivity index (χ1n) is 8.26. The van der Waals surface area contributed by atoms with Gasteiger partial charge in [-0.3, -0.25) is 4.57 Å². The predicted octanol–water partition coefficient (Wildman–Crippen LogP) is 3.81. The van der Waals surface area contributed by atoms with Crippen LogP contribution in [0.1, 0.15) is 5.56 Å². The molecular formula is C19H17N5O2S. The molecular weight excluding hydrogens is 362 g/mol. The number of hydrogen-bond donors (Lipinski definition) is 2. The van der Waals surface area contributed by atoms with Crippen LogP contribution in [-0.4, -0.2) is 27.7 Å². The molecule has 0 aliphatic carbocycles. The van der Waals surface area contributed by atoms with E-state index in [0.717, 1.165) is 28.2 Å². The average Bonchev–Trinajstić information content (AvgIpc) is 3.36. The lowest BCUT2D eigenvalue weighted by molar-refractivity contribution is 0.251. The molecule has 0 aliphatic rings. The second kappa shape index (κ2) is 7.46. The number of carbonyl (C=O) groups excluding carboxylic acids is 1. The molecule has 0 spiro atoms. The molecule has 7 nitrogen and oxygen atoms in total. The number of benzene rings is 2. The minimum Gasteiger partial charge on any atom is -0.497 e. The van der Waals surface area contributed by atoms with Crippen LogP contribution in [0.2, 0.25) is 0 Å². The molecule has 27 heavy (non-hydrogen) atoms. The third-order valence-electron chi connectivity index (χ3n) is 4.08. The lowest BCUT2D eigenvalue weighted by Crippen LogP contribution is -2.28. The normalized spacial score (nSPS) is 10.7. The van der Waals surface area contributed by atoms with Crippen molar-refractivity contribution in [3.63, 3.8) is 0 Å². The third kappa shape index (κ3) is 3.75. The number of methoxy groups -OCH3 is 1. The van der Waals surface area contributed by atoms with Crippen molar-refractivity contribution < 1.29 is 9.53 Å². The first-order chi connectivity index (χ1) is 13.2. The number of aromatic nitrogens is 3. The highest BCUT2D eigenvalue weighted by molar-refractivity contribution is 7.07.